The minimum atomic E-state index is -0.281. The zero-order valence-corrected chi connectivity index (χ0v) is 20.0. The molecule has 1 unspecified atom stereocenters. The summed E-state index contributed by atoms with van der Waals surface area (Å²) in [7, 11) is 0. The molecule has 0 aliphatic carbocycles. The highest BCUT2D eigenvalue weighted by molar-refractivity contribution is 7.09. The average molecular weight is 465 g/mol. The summed E-state index contributed by atoms with van der Waals surface area (Å²) in [5, 5.41) is 10.7. The number of nitrogens with zero attached hydrogens (tertiary/aromatic N) is 1. The number of likely N-dealkylation sites (N-methyl/N-ethyl adjacent to an activating group) is 1. The second-order valence-electron chi connectivity index (χ2n) is 7.74. The normalized spacial score (nSPS) is 11.7. The third kappa shape index (κ3) is 7.73. The van der Waals surface area contributed by atoms with Crippen LogP contribution in [0.2, 0.25) is 0 Å². The largest absolute Gasteiger partial charge is 0.347 e. The molecular weight excluding hydrogens is 432 g/mol. The van der Waals surface area contributed by atoms with Gasteiger partial charge in [-0.1, -0.05) is 56.3 Å². The molecule has 174 valence electrons. The van der Waals surface area contributed by atoms with Gasteiger partial charge in [0.1, 0.15) is 0 Å². The van der Waals surface area contributed by atoms with Gasteiger partial charge in [-0.3, -0.25) is 9.69 Å². The Hall–Kier alpha value is -3.16. The monoisotopic (exact) mass is 464 g/mol. The number of nitrogens with one attached hydrogen (secondary N) is 3. The summed E-state index contributed by atoms with van der Waals surface area (Å²) in [5.74, 6) is -0.170. The fourth-order valence-electron chi connectivity index (χ4n) is 3.76. The van der Waals surface area contributed by atoms with Gasteiger partial charge in [0.2, 0.25) is 0 Å². The van der Waals surface area contributed by atoms with Crippen LogP contribution in [0.4, 0.5) is 10.5 Å². The van der Waals surface area contributed by atoms with Crippen LogP contribution in [-0.2, 0) is 13.0 Å². The Bertz CT molecular complexity index is 1000. The van der Waals surface area contributed by atoms with Crippen molar-refractivity contribution in [3.05, 3.63) is 88.1 Å². The van der Waals surface area contributed by atoms with Crippen molar-refractivity contribution in [1.82, 2.24) is 15.5 Å². The van der Waals surface area contributed by atoms with E-state index in [0.717, 1.165) is 24.4 Å². The number of hydrogen-bond donors (Lipinski definition) is 3. The summed E-state index contributed by atoms with van der Waals surface area (Å²) < 4.78 is 0. The van der Waals surface area contributed by atoms with Gasteiger partial charge in [-0.15, -0.1) is 11.3 Å². The van der Waals surface area contributed by atoms with Gasteiger partial charge in [0, 0.05) is 28.7 Å². The minimum absolute atomic E-state index is 0.170. The van der Waals surface area contributed by atoms with E-state index in [9.17, 15) is 9.59 Å². The molecule has 33 heavy (non-hydrogen) atoms. The quantitative estimate of drug-likeness (QED) is 0.383. The standard InChI is InChI=1S/C26H32N4O2S/c1-3-30(4-2)23(16-20-10-6-5-7-11-20)18-28-26(32)29-22-13-8-12-21(17-22)25(31)27-19-24-14-9-15-33-24/h5-15,17,23H,3-4,16,18-19H2,1-2H3,(H,27,31)(H2,28,29,32). The molecule has 2 aromatic carbocycles. The Labute approximate surface area is 200 Å². The van der Waals surface area contributed by atoms with Crippen LogP contribution in [0.3, 0.4) is 0 Å². The van der Waals surface area contributed by atoms with Gasteiger partial charge >= 0.3 is 6.03 Å². The number of thiophene rings is 1. The third-order valence-corrected chi connectivity index (χ3v) is 6.40. The van der Waals surface area contributed by atoms with Crippen LogP contribution in [0.25, 0.3) is 0 Å². The van der Waals surface area contributed by atoms with Gasteiger partial charge in [-0.25, -0.2) is 4.79 Å². The number of urea groups is 1. The van der Waals surface area contributed by atoms with E-state index in [-0.39, 0.29) is 18.0 Å². The van der Waals surface area contributed by atoms with Crippen molar-refractivity contribution in [3.63, 3.8) is 0 Å². The van der Waals surface area contributed by atoms with E-state index >= 15 is 0 Å². The number of hydrogen-bond acceptors (Lipinski definition) is 4. The minimum Gasteiger partial charge on any atom is -0.347 e. The molecule has 0 saturated carbocycles. The van der Waals surface area contributed by atoms with Crippen molar-refractivity contribution < 1.29 is 9.59 Å². The number of carbonyl (C=O) groups is 2. The fourth-order valence-corrected chi connectivity index (χ4v) is 4.41. The number of anilines is 1. The van der Waals surface area contributed by atoms with E-state index in [4.69, 9.17) is 0 Å². The molecule has 0 fully saturated rings. The molecular formula is C26H32N4O2S. The van der Waals surface area contributed by atoms with E-state index in [1.807, 2.05) is 35.7 Å². The van der Waals surface area contributed by atoms with Gasteiger partial charge in [0.15, 0.2) is 0 Å². The van der Waals surface area contributed by atoms with Crippen molar-refractivity contribution >= 4 is 29.0 Å². The Morgan fingerprint density at radius 1 is 0.939 bits per heavy atom. The number of amides is 3. The van der Waals surface area contributed by atoms with Crippen molar-refractivity contribution in [2.24, 2.45) is 0 Å². The van der Waals surface area contributed by atoms with Gasteiger partial charge in [-0.2, -0.15) is 0 Å². The first-order valence-corrected chi connectivity index (χ1v) is 12.2. The van der Waals surface area contributed by atoms with Gasteiger partial charge in [0.05, 0.1) is 6.54 Å². The first kappa shape index (κ1) is 24.5. The summed E-state index contributed by atoms with van der Waals surface area (Å²) in [6, 6.07) is 21.2. The molecule has 6 nitrogen and oxygen atoms in total. The summed E-state index contributed by atoms with van der Waals surface area (Å²) in [6.45, 7) is 7.12. The van der Waals surface area contributed by atoms with Gasteiger partial charge < -0.3 is 16.0 Å². The summed E-state index contributed by atoms with van der Waals surface area (Å²) in [4.78, 5) is 28.5. The Balaban J connectivity index is 1.55. The maximum Gasteiger partial charge on any atom is 0.319 e. The van der Waals surface area contributed by atoms with Crippen LogP contribution in [0.5, 0.6) is 0 Å². The first-order chi connectivity index (χ1) is 16.1. The molecule has 3 N–H and O–H groups in total. The maximum absolute atomic E-state index is 12.6. The highest BCUT2D eigenvalue weighted by Gasteiger charge is 2.17. The van der Waals surface area contributed by atoms with E-state index in [2.05, 4.69) is 46.8 Å². The lowest BCUT2D eigenvalue weighted by molar-refractivity contribution is 0.0951. The zero-order valence-electron chi connectivity index (χ0n) is 19.2. The molecule has 0 aliphatic heterocycles. The Morgan fingerprint density at radius 2 is 1.73 bits per heavy atom. The Morgan fingerprint density at radius 3 is 2.42 bits per heavy atom. The van der Waals surface area contributed by atoms with Crippen molar-refractivity contribution in [2.45, 2.75) is 32.9 Å². The molecule has 0 saturated heterocycles. The number of benzene rings is 2. The molecule has 1 atom stereocenters. The van der Waals surface area contributed by atoms with Crippen LogP contribution in [0, 0.1) is 0 Å². The topological polar surface area (TPSA) is 73.5 Å². The molecule has 0 spiro atoms. The predicted octanol–water partition coefficient (Wildman–Crippen LogP) is 4.75. The van der Waals surface area contributed by atoms with Gasteiger partial charge in [0.25, 0.3) is 5.91 Å². The van der Waals surface area contributed by atoms with E-state index in [1.165, 1.54) is 5.56 Å². The van der Waals surface area contributed by atoms with Crippen LogP contribution >= 0.6 is 11.3 Å². The second kappa shape index (κ2) is 12.8. The smallest absolute Gasteiger partial charge is 0.319 e. The molecule has 3 rings (SSSR count). The van der Waals surface area contributed by atoms with E-state index in [1.54, 1.807) is 35.6 Å². The summed E-state index contributed by atoms with van der Waals surface area (Å²) in [5.41, 5.74) is 2.34. The van der Waals surface area contributed by atoms with Crippen LogP contribution in [-0.4, -0.2) is 42.5 Å². The molecule has 1 heterocycles. The lowest BCUT2D eigenvalue weighted by Gasteiger charge is -2.30. The lowest BCUT2D eigenvalue weighted by atomic mass is 10.0. The Kier molecular flexibility index (Phi) is 9.47. The van der Waals surface area contributed by atoms with Gasteiger partial charge in [-0.05, 0) is 54.7 Å². The second-order valence-corrected chi connectivity index (χ2v) is 8.77. The molecule has 3 amide bonds. The lowest BCUT2D eigenvalue weighted by Crippen LogP contribution is -2.46. The van der Waals surface area contributed by atoms with Crippen LogP contribution in [0.1, 0.15) is 34.6 Å². The predicted molar refractivity (Wildman–Crippen MR) is 136 cm³/mol. The van der Waals surface area contributed by atoms with Crippen molar-refractivity contribution in [1.29, 1.82) is 0 Å². The molecule has 0 aliphatic rings. The molecule has 3 aromatic rings. The van der Waals surface area contributed by atoms with Crippen LogP contribution < -0.4 is 16.0 Å². The zero-order chi connectivity index (χ0) is 23.5. The number of rotatable bonds is 11. The molecule has 0 bridgehead atoms. The molecule has 7 heteroatoms. The fraction of sp³-hybridized carbons (Fsp3) is 0.308. The van der Waals surface area contributed by atoms with Crippen molar-refractivity contribution in [2.75, 3.05) is 25.0 Å². The third-order valence-electron chi connectivity index (χ3n) is 5.53. The summed E-state index contributed by atoms with van der Waals surface area (Å²) >= 11 is 1.60. The van der Waals surface area contributed by atoms with Crippen LogP contribution in [0.15, 0.2) is 72.1 Å². The molecule has 0 radical (unpaired) electrons. The summed E-state index contributed by atoms with van der Waals surface area (Å²) in [6.07, 6.45) is 0.864. The number of carbonyl (C=O) groups excluding carboxylic acids is 2. The SMILES string of the molecule is CCN(CC)C(CNC(=O)Nc1cccc(C(=O)NCc2cccs2)c1)Cc1ccccc1. The molecule has 1 aromatic heterocycles. The first-order valence-electron chi connectivity index (χ1n) is 11.3. The average Bonchev–Trinajstić information content (AvgIpc) is 3.36. The van der Waals surface area contributed by atoms with Crippen molar-refractivity contribution in [3.8, 4) is 0 Å². The highest BCUT2D eigenvalue weighted by atomic mass is 32.1. The maximum atomic E-state index is 12.6. The highest BCUT2D eigenvalue weighted by Crippen LogP contribution is 2.13. The van der Waals surface area contributed by atoms with E-state index in [0.29, 0.717) is 24.3 Å². The van der Waals surface area contributed by atoms with E-state index < -0.39 is 0 Å².